The van der Waals surface area contributed by atoms with E-state index in [0.29, 0.717) is 11.7 Å². The Morgan fingerprint density at radius 3 is 3.12 bits per heavy atom. The van der Waals surface area contributed by atoms with Gasteiger partial charge in [0.25, 0.3) is 0 Å². The van der Waals surface area contributed by atoms with Crippen molar-refractivity contribution in [3.8, 4) is 0 Å². The third-order valence-corrected chi connectivity index (χ3v) is 4.38. The summed E-state index contributed by atoms with van der Waals surface area (Å²) in [5.41, 5.74) is 0. The van der Waals surface area contributed by atoms with E-state index in [2.05, 4.69) is 31.5 Å². The normalized spacial score (nSPS) is 10.6. The first-order valence-corrected chi connectivity index (χ1v) is 7.14. The minimum atomic E-state index is -0.886. The first kappa shape index (κ1) is 12.5. The lowest BCUT2D eigenvalue weighted by Gasteiger charge is -2.00. The van der Waals surface area contributed by atoms with Gasteiger partial charge < -0.3 is 5.11 Å². The molecule has 0 aromatic carbocycles. The van der Waals surface area contributed by atoms with Crippen molar-refractivity contribution in [3.63, 3.8) is 0 Å². The van der Waals surface area contributed by atoms with Crippen LogP contribution in [-0.2, 0) is 11.3 Å². The van der Waals surface area contributed by atoms with Gasteiger partial charge in [0, 0.05) is 14.7 Å². The molecule has 0 unspecified atom stereocenters. The predicted octanol–water partition coefficient (Wildman–Crippen LogP) is 1.72. The Bertz CT molecular complexity index is 527. The molecule has 1 N–H and O–H groups in total. The first-order valence-electron chi connectivity index (χ1n) is 4.49. The zero-order valence-corrected chi connectivity index (χ0v) is 11.6. The second-order valence-electron chi connectivity index (χ2n) is 3.03. The molecule has 6 nitrogen and oxygen atoms in total. The third-order valence-electron chi connectivity index (χ3n) is 1.75. The summed E-state index contributed by atoms with van der Waals surface area (Å²) in [6.07, 6.45) is 0. The maximum Gasteiger partial charge on any atom is 0.313 e. The van der Waals surface area contributed by atoms with E-state index < -0.39 is 5.97 Å². The zero-order valence-electron chi connectivity index (χ0n) is 8.41. The molecule has 0 radical (unpaired) electrons. The number of rotatable bonds is 5. The molecule has 0 aliphatic heterocycles. The van der Waals surface area contributed by atoms with Crippen LogP contribution in [0.1, 0.15) is 4.88 Å². The molecule has 0 aliphatic carbocycles. The molecule has 0 bridgehead atoms. The maximum absolute atomic E-state index is 10.5. The summed E-state index contributed by atoms with van der Waals surface area (Å²) < 4.78 is 2.61. The van der Waals surface area contributed by atoms with Crippen molar-refractivity contribution in [2.45, 2.75) is 11.7 Å². The maximum atomic E-state index is 10.5. The largest absolute Gasteiger partial charge is 0.481 e. The van der Waals surface area contributed by atoms with Gasteiger partial charge >= 0.3 is 5.97 Å². The lowest BCUT2D eigenvalue weighted by atomic mass is 10.5. The molecule has 0 atom stereocenters. The molecular formula is C8H7BrN4O2S2. The topological polar surface area (TPSA) is 80.9 Å². The van der Waals surface area contributed by atoms with Crippen LogP contribution in [0.25, 0.3) is 0 Å². The number of nitrogens with zero attached hydrogens (tertiary/aromatic N) is 4. The Morgan fingerprint density at radius 2 is 2.47 bits per heavy atom. The number of carbonyl (C=O) groups is 1. The minimum Gasteiger partial charge on any atom is -0.481 e. The summed E-state index contributed by atoms with van der Waals surface area (Å²) in [7, 11) is 0. The highest BCUT2D eigenvalue weighted by atomic mass is 79.9. The van der Waals surface area contributed by atoms with Crippen LogP contribution in [0, 0.1) is 0 Å². The summed E-state index contributed by atoms with van der Waals surface area (Å²) >= 11 is 6.07. The Morgan fingerprint density at radius 1 is 1.65 bits per heavy atom. The standard InChI is InChI=1S/C8H7BrN4O2S2/c9-5-1-6(16-3-5)2-13-8(10-11-12-13)17-4-7(14)15/h1,3H,2,4H2,(H,14,15). The highest BCUT2D eigenvalue weighted by Crippen LogP contribution is 2.22. The van der Waals surface area contributed by atoms with E-state index in [1.807, 2.05) is 11.4 Å². The van der Waals surface area contributed by atoms with E-state index in [1.54, 1.807) is 16.0 Å². The van der Waals surface area contributed by atoms with Crippen molar-refractivity contribution < 1.29 is 9.90 Å². The molecule has 0 saturated heterocycles. The first-order chi connectivity index (χ1) is 8.15. The van der Waals surface area contributed by atoms with Gasteiger partial charge in [-0.05, 0) is 32.4 Å². The number of tetrazole rings is 1. The molecule has 2 heterocycles. The molecule has 9 heteroatoms. The van der Waals surface area contributed by atoms with Crippen LogP contribution >= 0.6 is 39.0 Å². The van der Waals surface area contributed by atoms with Gasteiger partial charge in [0.1, 0.15) is 0 Å². The van der Waals surface area contributed by atoms with Crippen molar-refractivity contribution in [1.29, 1.82) is 0 Å². The number of hydrogen-bond acceptors (Lipinski definition) is 6. The quantitative estimate of drug-likeness (QED) is 0.838. The van der Waals surface area contributed by atoms with Crippen molar-refractivity contribution in [2.24, 2.45) is 0 Å². The van der Waals surface area contributed by atoms with E-state index in [1.165, 1.54) is 0 Å². The fraction of sp³-hybridized carbons (Fsp3) is 0.250. The summed E-state index contributed by atoms with van der Waals surface area (Å²) in [5.74, 6) is -0.933. The molecule has 0 saturated carbocycles. The summed E-state index contributed by atoms with van der Waals surface area (Å²) in [6, 6.07) is 1.98. The van der Waals surface area contributed by atoms with E-state index in [-0.39, 0.29) is 5.75 Å². The monoisotopic (exact) mass is 334 g/mol. The molecule has 17 heavy (non-hydrogen) atoms. The van der Waals surface area contributed by atoms with Crippen molar-refractivity contribution in [3.05, 3.63) is 20.8 Å². The third kappa shape index (κ3) is 3.51. The second kappa shape index (κ2) is 5.61. The molecule has 0 fully saturated rings. The number of thioether (sulfide) groups is 1. The Labute approximate surface area is 113 Å². The molecule has 0 amide bonds. The Balaban J connectivity index is 2.06. The van der Waals surface area contributed by atoms with Gasteiger partial charge in [0.15, 0.2) is 0 Å². The second-order valence-corrected chi connectivity index (χ2v) is 5.89. The van der Waals surface area contributed by atoms with Gasteiger partial charge in [-0.3, -0.25) is 4.79 Å². The van der Waals surface area contributed by atoms with Gasteiger partial charge in [-0.2, -0.15) is 0 Å². The van der Waals surface area contributed by atoms with Crippen molar-refractivity contribution >= 4 is 45.0 Å². The summed E-state index contributed by atoms with van der Waals surface area (Å²) in [6.45, 7) is 0.547. The molecule has 2 aromatic rings. The van der Waals surface area contributed by atoms with Gasteiger partial charge in [0.2, 0.25) is 5.16 Å². The van der Waals surface area contributed by atoms with Crippen molar-refractivity contribution in [1.82, 2.24) is 20.2 Å². The molecule has 0 spiro atoms. The van der Waals surface area contributed by atoms with Crippen LogP contribution in [-0.4, -0.2) is 37.0 Å². The van der Waals surface area contributed by atoms with E-state index in [0.717, 1.165) is 21.1 Å². The smallest absolute Gasteiger partial charge is 0.313 e. The molecular weight excluding hydrogens is 328 g/mol. The van der Waals surface area contributed by atoms with Gasteiger partial charge in [-0.15, -0.1) is 16.4 Å². The number of thiophene rings is 1. The predicted molar refractivity (Wildman–Crippen MR) is 67.3 cm³/mol. The van der Waals surface area contributed by atoms with E-state index >= 15 is 0 Å². The van der Waals surface area contributed by atoms with Crippen LogP contribution in [0.2, 0.25) is 0 Å². The average Bonchev–Trinajstić information content (AvgIpc) is 2.86. The number of hydrogen-bond donors (Lipinski definition) is 1. The lowest BCUT2D eigenvalue weighted by molar-refractivity contribution is -0.133. The summed E-state index contributed by atoms with van der Waals surface area (Å²) in [5, 5.41) is 22.2. The fourth-order valence-corrected chi connectivity index (χ4v) is 3.14. The number of aromatic nitrogens is 4. The highest BCUT2D eigenvalue weighted by Gasteiger charge is 2.10. The highest BCUT2D eigenvalue weighted by molar-refractivity contribution is 9.10. The molecule has 0 aliphatic rings. The number of halogens is 1. The van der Waals surface area contributed by atoms with E-state index in [9.17, 15) is 4.79 Å². The SMILES string of the molecule is O=C(O)CSc1nnnn1Cc1cc(Br)cs1. The van der Waals surface area contributed by atoms with Crippen LogP contribution in [0.5, 0.6) is 0 Å². The van der Waals surface area contributed by atoms with Gasteiger partial charge in [-0.1, -0.05) is 11.8 Å². The molecule has 2 aromatic heterocycles. The lowest BCUT2D eigenvalue weighted by Crippen LogP contribution is -2.05. The zero-order chi connectivity index (χ0) is 12.3. The molecule has 90 valence electrons. The van der Waals surface area contributed by atoms with Crippen molar-refractivity contribution in [2.75, 3.05) is 5.75 Å². The Kier molecular flexibility index (Phi) is 4.13. The number of carboxylic acid groups (broad SMARTS) is 1. The number of carboxylic acids is 1. The summed E-state index contributed by atoms with van der Waals surface area (Å²) in [4.78, 5) is 11.6. The average molecular weight is 335 g/mol. The van der Waals surface area contributed by atoms with Gasteiger partial charge in [-0.25, -0.2) is 4.68 Å². The fourth-order valence-electron chi connectivity index (χ4n) is 1.11. The van der Waals surface area contributed by atoms with Crippen LogP contribution in [0.15, 0.2) is 21.1 Å². The van der Waals surface area contributed by atoms with Gasteiger partial charge in [0.05, 0.1) is 12.3 Å². The van der Waals surface area contributed by atoms with Crippen LogP contribution in [0.3, 0.4) is 0 Å². The van der Waals surface area contributed by atoms with Crippen LogP contribution in [0.4, 0.5) is 0 Å². The number of aliphatic carboxylic acids is 1. The Hall–Kier alpha value is -0.930. The molecule has 2 rings (SSSR count). The van der Waals surface area contributed by atoms with E-state index in [4.69, 9.17) is 5.11 Å². The van der Waals surface area contributed by atoms with Crippen LogP contribution < -0.4 is 0 Å². The minimum absolute atomic E-state index is 0.0471.